The highest BCUT2D eigenvalue weighted by molar-refractivity contribution is 5.75. The minimum atomic E-state index is -0.213. The Hall–Kier alpha value is -3.31. The van der Waals surface area contributed by atoms with Gasteiger partial charge in [-0.15, -0.1) is 0 Å². The molecule has 3 aromatic rings. The van der Waals surface area contributed by atoms with Gasteiger partial charge in [-0.3, -0.25) is 23.8 Å². The van der Waals surface area contributed by atoms with Gasteiger partial charge in [0.05, 0.1) is 18.0 Å². The number of carbonyl (C=O) groups is 1. The quantitative estimate of drug-likeness (QED) is 0.452. The number of aliphatic hydroxyl groups excluding tert-OH is 1. The summed E-state index contributed by atoms with van der Waals surface area (Å²) in [7, 11) is 0. The molecule has 4 rings (SSSR count). The van der Waals surface area contributed by atoms with Crippen molar-refractivity contribution >= 4 is 5.91 Å². The predicted octanol–water partition coefficient (Wildman–Crippen LogP) is 0.515. The summed E-state index contributed by atoms with van der Waals surface area (Å²) in [5, 5.41) is 16.8. The number of amides is 1. The lowest BCUT2D eigenvalue weighted by Gasteiger charge is -2.29. The van der Waals surface area contributed by atoms with E-state index in [2.05, 4.69) is 30.3 Å². The van der Waals surface area contributed by atoms with Crippen LogP contribution in [-0.2, 0) is 11.3 Å². The average Bonchev–Trinajstić information content (AvgIpc) is 3.47. The van der Waals surface area contributed by atoms with E-state index in [4.69, 9.17) is 0 Å². The number of nitrogens with zero attached hydrogens (tertiary/aromatic N) is 6. The Labute approximate surface area is 191 Å². The van der Waals surface area contributed by atoms with Crippen molar-refractivity contribution in [3.8, 4) is 17.2 Å². The molecule has 4 heterocycles. The zero-order valence-corrected chi connectivity index (χ0v) is 18.9. The first-order valence-corrected chi connectivity index (χ1v) is 11.2. The zero-order chi connectivity index (χ0) is 23.4. The van der Waals surface area contributed by atoms with Gasteiger partial charge in [-0.2, -0.15) is 5.10 Å². The van der Waals surface area contributed by atoms with Crippen LogP contribution in [0.1, 0.15) is 38.2 Å². The Bertz CT molecular complexity index is 1130. The first-order valence-electron chi connectivity index (χ1n) is 11.2. The highest BCUT2D eigenvalue weighted by Crippen LogP contribution is 2.25. The van der Waals surface area contributed by atoms with Gasteiger partial charge < -0.3 is 15.3 Å². The van der Waals surface area contributed by atoms with Gasteiger partial charge in [-0.25, -0.2) is 9.97 Å². The Kier molecular flexibility index (Phi) is 6.99. The lowest BCUT2D eigenvalue weighted by Crippen LogP contribution is -2.41. The first-order chi connectivity index (χ1) is 15.9. The fourth-order valence-electron chi connectivity index (χ4n) is 4.00. The van der Waals surface area contributed by atoms with E-state index >= 15 is 0 Å². The van der Waals surface area contributed by atoms with Crippen molar-refractivity contribution in [2.45, 2.75) is 45.3 Å². The van der Waals surface area contributed by atoms with E-state index in [0.29, 0.717) is 29.3 Å². The third-order valence-electron chi connectivity index (χ3n) is 5.79. The number of aliphatic hydroxyl groups is 1. The lowest BCUT2D eigenvalue weighted by molar-refractivity contribution is -0.121. The summed E-state index contributed by atoms with van der Waals surface area (Å²) in [4.78, 5) is 38.9. The number of likely N-dealkylation sites (tertiary alicyclic amines) is 1. The highest BCUT2D eigenvalue weighted by atomic mass is 16.3. The molecule has 3 N–H and O–H groups in total. The molecule has 3 aromatic heterocycles. The maximum absolute atomic E-state index is 12.8. The number of aromatic nitrogens is 6. The van der Waals surface area contributed by atoms with Gasteiger partial charge in [-0.1, -0.05) is 13.8 Å². The smallest absolute Gasteiger partial charge is 0.256 e. The topological polar surface area (TPSA) is 134 Å². The Morgan fingerprint density at radius 3 is 2.82 bits per heavy atom. The van der Waals surface area contributed by atoms with Crippen molar-refractivity contribution in [1.82, 2.24) is 39.5 Å². The fraction of sp³-hybridized carbons (Fsp3) is 0.500. The second kappa shape index (κ2) is 10.1. The molecule has 0 radical (unpaired) electrons. The van der Waals surface area contributed by atoms with Gasteiger partial charge >= 0.3 is 0 Å². The van der Waals surface area contributed by atoms with Crippen molar-refractivity contribution in [3.63, 3.8) is 0 Å². The molecular weight excluding hydrogens is 424 g/mol. The number of piperidine rings is 1. The van der Waals surface area contributed by atoms with Gasteiger partial charge in [-0.05, 0) is 18.8 Å². The van der Waals surface area contributed by atoms with Crippen LogP contribution in [0.15, 0.2) is 35.9 Å². The zero-order valence-electron chi connectivity index (χ0n) is 18.9. The standard InChI is InChI=1S/C22H30N8O3/c1-15(2)19-20(26-22(27-21(19)33)29-10-5-23-14-29)16-11-25-30(12-16)13-18(32)24-6-9-28-7-3-17(31)4-8-28/h5,10-12,14-15,17,31H,3-4,6-9,13H2,1-2H3,(H,24,32)(H,26,27,33). The van der Waals surface area contributed by atoms with E-state index in [-0.39, 0.29) is 30.0 Å². The van der Waals surface area contributed by atoms with Crippen LogP contribution in [0.3, 0.4) is 0 Å². The second-order valence-corrected chi connectivity index (χ2v) is 8.63. The molecule has 0 atom stereocenters. The minimum absolute atomic E-state index is 0.0457. The summed E-state index contributed by atoms with van der Waals surface area (Å²) in [6.07, 6.45) is 9.60. The van der Waals surface area contributed by atoms with Crippen molar-refractivity contribution in [2.75, 3.05) is 26.2 Å². The van der Waals surface area contributed by atoms with E-state index in [9.17, 15) is 14.7 Å². The van der Waals surface area contributed by atoms with Crippen LogP contribution >= 0.6 is 0 Å². The molecule has 176 valence electrons. The third kappa shape index (κ3) is 5.55. The summed E-state index contributed by atoms with van der Waals surface area (Å²) in [6.45, 7) is 6.96. The summed E-state index contributed by atoms with van der Waals surface area (Å²) >= 11 is 0. The number of aromatic amines is 1. The maximum atomic E-state index is 12.8. The second-order valence-electron chi connectivity index (χ2n) is 8.63. The van der Waals surface area contributed by atoms with E-state index < -0.39 is 0 Å². The Balaban J connectivity index is 1.43. The molecule has 0 aliphatic carbocycles. The maximum Gasteiger partial charge on any atom is 0.256 e. The van der Waals surface area contributed by atoms with Crippen LogP contribution in [0.5, 0.6) is 0 Å². The minimum Gasteiger partial charge on any atom is -0.393 e. The Morgan fingerprint density at radius 1 is 1.33 bits per heavy atom. The molecule has 33 heavy (non-hydrogen) atoms. The number of hydrogen-bond acceptors (Lipinski definition) is 7. The molecule has 1 amide bonds. The van der Waals surface area contributed by atoms with Gasteiger partial charge in [0, 0.05) is 55.9 Å². The summed E-state index contributed by atoms with van der Waals surface area (Å²) in [5.74, 6) is 0.187. The van der Waals surface area contributed by atoms with Gasteiger partial charge in [0.2, 0.25) is 11.9 Å². The van der Waals surface area contributed by atoms with E-state index in [0.717, 1.165) is 32.5 Å². The van der Waals surface area contributed by atoms with Crippen molar-refractivity contribution in [3.05, 3.63) is 47.0 Å². The van der Waals surface area contributed by atoms with E-state index in [1.807, 2.05) is 13.8 Å². The summed E-state index contributed by atoms with van der Waals surface area (Å²) < 4.78 is 3.18. The van der Waals surface area contributed by atoms with Crippen molar-refractivity contribution in [1.29, 1.82) is 0 Å². The fourth-order valence-corrected chi connectivity index (χ4v) is 4.00. The molecule has 1 aliphatic heterocycles. The van der Waals surface area contributed by atoms with Crippen LogP contribution in [-0.4, -0.2) is 77.5 Å². The SMILES string of the molecule is CC(C)c1c(-c2cnn(CC(=O)NCCN3CCC(O)CC3)c2)nc(-n2ccnc2)[nH]c1=O. The molecule has 1 aliphatic rings. The molecule has 0 aromatic carbocycles. The molecule has 11 heteroatoms. The first kappa shape index (κ1) is 22.9. The van der Waals surface area contributed by atoms with E-state index in [1.165, 1.54) is 0 Å². The molecular formula is C22H30N8O3. The Morgan fingerprint density at radius 2 is 2.12 bits per heavy atom. The van der Waals surface area contributed by atoms with Crippen LogP contribution in [0.25, 0.3) is 17.2 Å². The molecule has 11 nitrogen and oxygen atoms in total. The normalized spacial score (nSPS) is 15.3. The highest BCUT2D eigenvalue weighted by Gasteiger charge is 2.19. The summed E-state index contributed by atoms with van der Waals surface area (Å²) in [6, 6.07) is 0. The van der Waals surface area contributed by atoms with Crippen molar-refractivity contribution < 1.29 is 9.90 Å². The number of nitrogens with one attached hydrogen (secondary N) is 2. The number of hydrogen-bond donors (Lipinski definition) is 3. The largest absolute Gasteiger partial charge is 0.393 e. The monoisotopic (exact) mass is 454 g/mol. The van der Waals surface area contributed by atoms with E-state index in [1.54, 1.807) is 40.4 Å². The number of H-pyrrole nitrogens is 1. The number of carbonyl (C=O) groups excluding carboxylic acids is 1. The van der Waals surface area contributed by atoms with Crippen LogP contribution < -0.4 is 10.9 Å². The molecule has 0 bridgehead atoms. The predicted molar refractivity (Wildman–Crippen MR) is 122 cm³/mol. The third-order valence-corrected chi connectivity index (χ3v) is 5.79. The molecule has 1 saturated heterocycles. The van der Waals surface area contributed by atoms with Crippen LogP contribution in [0.2, 0.25) is 0 Å². The van der Waals surface area contributed by atoms with Crippen LogP contribution in [0.4, 0.5) is 0 Å². The van der Waals surface area contributed by atoms with Crippen molar-refractivity contribution in [2.24, 2.45) is 0 Å². The van der Waals surface area contributed by atoms with Crippen LogP contribution in [0, 0.1) is 0 Å². The lowest BCUT2D eigenvalue weighted by atomic mass is 10.0. The molecule has 0 saturated carbocycles. The molecule has 0 unspecified atom stereocenters. The van der Waals surface area contributed by atoms with Gasteiger partial charge in [0.1, 0.15) is 12.9 Å². The molecule has 0 spiro atoms. The molecule has 1 fully saturated rings. The average molecular weight is 455 g/mol. The van der Waals surface area contributed by atoms with Gasteiger partial charge in [0.25, 0.3) is 5.56 Å². The van der Waals surface area contributed by atoms with Gasteiger partial charge in [0.15, 0.2) is 0 Å². The number of rotatable bonds is 8. The summed E-state index contributed by atoms with van der Waals surface area (Å²) in [5.41, 5.74) is 1.56. The number of imidazole rings is 1.